The molecule has 1 aromatic carbocycles. The average Bonchev–Trinajstić information content (AvgIpc) is 2.35. The predicted octanol–water partition coefficient (Wildman–Crippen LogP) is 2.31. The Hall–Kier alpha value is -2.24. The lowest BCUT2D eigenvalue weighted by atomic mass is 10.1. The van der Waals surface area contributed by atoms with Crippen LogP contribution in [0.2, 0.25) is 0 Å². The van der Waals surface area contributed by atoms with Crippen molar-refractivity contribution in [1.82, 2.24) is 4.57 Å². The maximum Gasteiger partial charge on any atom is 0.352 e. The summed E-state index contributed by atoms with van der Waals surface area (Å²) in [5.74, 6) is -3.52. The summed E-state index contributed by atoms with van der Waals surface area (Å²) in [5.41, 5.74) is -0.718. The molecule has 0 saturated carbocycles. The third-order valence-corrected chi connectivity index (χ3v) is 3.06. The zero-order valence-electron chi connectivity index (χ0n) is 10.3. The van der Waals surface area contributed by atoms with Crippen molar-refractivity contribution in [3.8, 4) is 0 Å². The van der Waals surface area contributed by atoms with Gasteiger partial charge >= 0.3 is 5.97 Å². The normalized spacial score (nSPS) is 10.9. The maximum atomic E-state index is 13.3. The number of hydrogen-bond donors (Lipinski definition) is 1. The molecule has 100 valence electrons. The molecule has 1 heterocycles. The Morgan fingerprint density at radius 1 is 1.32 bits per heavy atom. The Kier molecular flexibility index (Phi) is 3.09. The van der Waals surface area contributed by atoms with Crippen molar-refractivity contribution in [3.05, 3.63) is 45.2 Å². The fraction of sp³-hybridized carbons (Fsp3) is 0.231. The largest absolute Gasteiger partial charge is 0.477 e. The molecule has 6 heteroatoms. The standard InChI is InChI=1S/C13H11F2NO3/c1-3-16-10-5-9(15)8(14)4-7(10)12(17)6(2)11(16)13(18)19/h4-5H,3H2,1-2H3,(H,18,19). The zero-order chi connectivity index (χ0) is 14.3. The van der Waals surface area contributed by atoms with E-state index in [2.05, 4.69) is 0 Å². The van der Waals surface area contributed by atoms with Gasteiger partial charge < -0.3 is 9.67 Å². The van der Waals surface area contributed by atoms with Crippen molar-refractivity contribution >= 4 is 16.9 Å². The molecule has 0 bridgehead atoms. The minimum atomic E-state index is -1.27. The molecular weight excluding hydrogens is 256 g/mol. The van der Waals surface area contributed by atoms with Gasteiger partial charge in [0, 0.05) is 23.6 Å². The Labute approximate surface area is 106 Å². The number of aromatic nitrogens is 1. The minimum Gasteiger partial charge on any atom is -0.477 e. The van der Waals surface area contributed by atoms with Crippen LogP contribution in [0.15, 0.2) is 16.9 Å². The first-order chi connectivity index (χ1) is 8.88. The van der Waals surface area contributed by atoms with E-state index in [4.69, 9.17) is 5.11 Å². The van der Waals surface area contributed by atoms with E-state index in [-0.39, 0.29) is 28.7 Å². The first kappa shape index (κ1) is 13.2. The molecule has 0 aliphatic heterocycles. The third-order valence-electron chi connectivity index (χ3n) is 3.06. The number of halogens is 2. The Balaban J connectivity index is 3.09. The van der Waals surface area contributed by atoms with E-state index in [0.717, 1.165) is 12.1 Å². The van der Waals surface area contributed by atoms with Gasteiger partial charge in [-0.2, -0.15) is 0 Å². The molecule has 19 heavy (non-hydrogen) atoms. The third kappa shape index (κ3) is 1.89. The highest BCUT2D eigenvalue weighted by Crippen LogP contribution is 2.19. The molecule has 0 aliphatic carbocycles. The molecule has 0 amide bonds. The van der Waals surface area contributed by atoms with Crippen molar-refractivity contribution in [2.24, 2.45) is 0 Å². The summed E-state index contributed by atoms with van der Waals surface area (Å²) in [4.78, 5) is 23.2. The lowest BCUT2D eigenvalue weighted by molar-refractivity contribution is 0.0684. The summed E-state index contributed by atoms with van der Waals surface area (Å²) in [5, 5.41) is 9.13. The van der Waals surface area contributed by atoms with Gasteiger partial charge in [0.15, 0.2) is 17.1 Å². The van der Waals surface area contributed by atoms with Gasteiger partial charge in [-0.25, -0.2) is 13.6 Å². The number of fused-ring (bicyclic) bond motifs is 1. The monoisotopic (exact) mass is 267 g/mol. The second kappa shape index (κ2) is 4.46. The van der Waals surface area contributed by atoms with Gasteiger partial charge in [-0.3, -0.25) is 4.79 Å². The van der Waals surface area contributed by atoms with Crippen LogP contribution in [0.5, 0.6) is 0 Å². The number of hydrogen-bond acceptors (Lipinski definition) is 2. The number of pyridine rings is 1. The SMILES string of the molecule is CCn1c(C(=O)O)c(C)c(=O)c2cc(F)c(F)cc21. The number of carbonyl (C=O) groups is 1. The first-order valence-electron chi connectivity index (χ1n) is 5.64. The molecule has 2 aromatic rings. The van der Waals surface area contributed by atoms with Crippen LogP contribution in [0.25, 0.3) is 10.9 Å². The number of carboxylic acid groups (broad SMARTS) is 1. The van der Waals surface area contributed by atoms with Crippen LogP contribution in [0.3, 0.4) is 0 Å². The maximum absolute atomic E-state index is 13.3. The minimum absolute atomic E-state index is 0.00728. The van der Waals surface area contributed by atoms with Crippen LogP contribution in [0, 0.1) is 18.6 Å². The van der Waals surface area contributed by atoms with E-state index in [0.29, 0.717) is 0 Å². The quantitative estimate of drug-likeness (QED) is 0.908. The van der Waals surface area contributed by atoms with Crippen molar-refractivity contribution in [3.63, 3.8) is 0 Å². The van der Waals surface area contributed by atoms with E-state index in [1.54, 1.807) is 6.92 Å². The van der Waals surface area contributed by atoms with E-state index in [9.17, 15) is 18.4 Å². The lowest BCUT2D eigenvalue weighted by Gasteiger charge is -2.15. The molecule has 0 atom stereocenters. The van der Waals surface area contributed by atoms with Crippen LogP contribution in [-0.2, 0) is 6.54 Å². The fourth-order valence-electron chi connectivity index (χ4n) is 2.18. The van der Waals surface area contributed by atoms with Crippen molar-refractivity contribution in [2.75, 3.05) is 0 Å². The first-order valence-corrected chi connectivity index (χ1v) is 5.64. The van der Waals surface area contributed by atoms with Crippen LogP contribution in [0.1, 0.15) is 23.0 Å². The highest BCUT2D eigenvalue weighted by molar-refractivity contribution is 5.92. The highest BCUT2D eigenvalue weighted by atomic mass is 19.2. The Morgan fingerprint density at radius 2 is 1.89 bits per heavy atom. The number of carboxylic acids is 1. The van der Waals surface area contributed by atoms with E-state index < -0.39 is 23.0 Å². The number of benzene rings is 1. The number of aryl methyl sites for hydroxylation is 1. The van der Waals surface area contributed by atoms with Gasteiger partial charge in [0.25, 0.3) is 0 Å². The zero-order valence-corrected chi connectivity index (χ0v) is 10.3. The van der Waals surface area contributed by atoms with Gasteiger partial charge in [0.2, 0.25) is 0 Å². The summed E-state index contributed by atoms with van der Waals surface area (Å²) < 4.78 is 27.8. The van der Waals surface area contributed by atoms with Crippen molar-refractivity contribution < 1.29 is 18.7 Å². The molecule has 0 saturated heterocycles. The highest BCUT2D eigenvalue weighted by Gasteiger charge is 2.20. The second-order valence-electron chi connectivity index (χ2n) is 4.14. The van der Waals surface area contributed by atoms with Crippen LogP contribution in [0.4, 0.5) is 8.78 Å². The Bertz CT molecular complexity index is 750. The molecule has 4 nitrogen and oxygen atoms in total. The van der Waals surface area contributed by atoms with Gasteiger partial charge in [-0.1, -0.05) is 0 Å². The predicted molar refractivity (Wildman–Crippen MR) is 65.5 cm³/mol. The summed E-state index contributed by atoms with van der Waals surface area (Å²) >= 11 is 0. The van der Waals surface area contributed by atoms with Gasteiger partial charge in [-0.05, 0) is 19.9 Å². The van der Waals surface area contributed by atoms with E-state index in [1.165, 1.54) is 11.5 Å². The number of aromatic carboxylic acids is 1. The van der Waals surface area contributed by atoms with Crippen LogP contribution in [-0.4, -0.2) is 15.6 Å². The Morgan fingerprint density at radius 3 is 2.42 bits per heavy atom. The second-order valence-corrected chi connectivity index (χ2v) is 4.14. The van der Waals surface area contributed by atoms with Crippen molar-refractivity contribution in [2.45, 2.75) is 20.4 Å². The molecule has 0 unspecified atom stereocenters. The van der Waals surface area contributed by atoms with Crippen LogP contribution < -0.4 is 5.43 Å². The molecule has 1 N–H and O–H groups in total. The topological polar surface area (TPSA) is 59.3 Å². The van der Waals surface area contributed by atoms with E-state index >= 15 is 0 Å². The lowest BCUT2D eigenvalue weighted by Crippen LogP contribution is -2.22. The smallest absolute Gasteiger partial charge is 0.352 e. The fourth-order valence-corrected chi connectivity index (χ4v) is 2.18. The molecule has 2 rings (SSSR count). The van der Waals surface area contributed by atoms with Crippen molar-refractivity contribution in [1.29, 1.82) is 0 Å². The molecule has 0 aliphatic rings. The summed E-state index contributed by atoms with van der Waals surface area (Å²) in [6.07, 6.45) is 0. The summed E-state index contributed by atoms with van der Waals surface area (Å²) in [6, 6.07) is 1.65. The molecule has 0 radical (unpaired) electrons. The average molecular weight is 267 g/mol. The van der Waals surface area contributed by atoms with Gasteiger partial charge in [-0.15, -0.1) is 0 Å². The number of nitrogens with zero attached hydrogens (tertiary/aromatic N) is 1. The van der Waals surface area contributed by atoms with Crippen LogP contribution >= 0.6 is 0 Å². The molecule has 1 aromatic heterocycles. The molecule has 0 fully saturated rings. The van der Waals surface area contributed by atoms with Gasteiger partial charge in [0.1, 0.15) is 5.69 Å². The summed E-state index contributed by atoms with van der Waals surface area (Å²) in [6.45, 7) is 3.25. The van der Waals surface area contributed by atoms with Gasteiger partial charge in [0.05, 0.1) is 5.52 Å². The number of rotatable bonds is 2. The van der Waals surface area contributed by atoms with E-state index in [1.807, 2.05) is 0 Å². The summed E-state index contributed by atoms with van der Waals surface area (Å²) in [7, 11) is 0. The molecular formula is C13H11F2NO3. The molecule has 0 spiro atoms.